The van der Waals surface area contributed by atoms with Crippen LogP contribution in [0.15, 0.2) is 15.3 Å². The van der Waals surface area contributed by atoms with E-state index in [-0.39, 0.29) is 0 Å². The van der Waals surface area contributed by atoms with E-state index in [0.717, 1.165) is 5.69 Å². The van der Waals surface area contributed by atoms with Gasteiger partial charge in [0.05, 0.1) is 5.51 Å². The maximum absolute atomic E-state index is 5.15. The van der Waals surface area contributed by atoms with Crippen LogP contribution in [0.5, 0.6) is 0 Å². The molecule has 0 aliphatic heterocycles. The third-order valence-electron chi connectivity index (χ3n) is 1.18. The quantitative estimate of drug-likeness (QED) is 0.645. The third kappa shape index (κ3) is 1.14. The molecule has 56 valence electrons. The van der Waals surface area contributed by atoms with E-state index in [1.165, 1.54) is 11.3 Å². The first-order valence-electron chi connectivity index (χ1n) is 3.05. The molecule has 0 aromatic carbocycles. The number of aromatic nitrogens is 3. The molecule has 2 aromatic rings. The second-order valence-electron chi connectivity index (χ2n) is 2.00. The van der Waals surface area contributed by atoms with E-state index in [1.54, 1.807) is 12.4 Å². The molecule has 0 saturated heterocycles. The molecule has 0 unspecified atom stereocenters. The van der Waals surface area contributed by atoms with Gasteiger partial charge in [0.25, 0.3) is 5.89 Å². The average Bonchev–Trinajstić information content (AvgIpc) is 2.55. The van der Waals surface area contributed by atoms with E-state index in [1.807, 2.05) is 5.38 Å². The van der Waals surface area contributed by atoms with Gasteiger partial charge in [-0.1, -0.05) is 0 Å². The largest absolute Gasteiger partial charge is 0.420 e. The van der Waals surface area contributed by atoms with E-state index in [0.29, 0.717) is 11.8 Å². The highest BCUT2D eigenvalue weighted by atomic mass is 32.1. The molecular weight excluding hydrogens is 162 g/mol. The SMILES string of the molecule is Cc1nnc(-c2cscn2)o1. The van der Waals surface area contributed by atoms with Gasteiger partial charge in [-0.05, 0) is 0 Å². The first kappa shape index (κ1) is 6.48. The molecule has 0 radical (unpaired) electrons. The van der Waals surface area contributed by atoms with Gasteiger partial charge >= 0.3 is 0 Å². The minimum Gasteiger partial charge on any atom is -0.420 e. The maximum Gasteiger partial charge on any atom is 0.267 e. The van der Waals surface area contributed by atoms with Crippen LogP contribution in [0, 0.1) is 6.92 Å². The van der Waals surface area contributed by atoms with Gasteiger partial charge in [0.15, 0.2) is 0 Å². The predicted molar refractivity (Wildman–Crippen MR) is 40.1 cm³/mol. The highest BCUT2D eigenvalue weighted by Gasteiger charge is 2.05. The molecule has 2 aromatic heterocycles. The summed E-state index contributed by atoms with van der Waals surface area (Å²) in [5.41, 5.74) is 2.48. The lowest BCUT2D eigenvalue weighted by Gasteiger charge is -1.81. The molecular formula is C6H5N3OS. The Kier molecular flexibility index (Phi) is 1.43. The van der Waals surface area contributed by atoms with Gasteiger partial charge in [-0.25, -0.2) is 4.98 Å². The molecule has 0 amide bonds. The van der Waals surface area contributed by atoms with Gasteiger partial charge in [0.1, 0.15) is 5.69 Å². The second-order valence-corrected chi connectivity index (χ2v) is 2.72. The van der Waals surface area contributed by atoms with Crippen molar-refractivity contribution in [2.75, 3.05) is 0 Å². The van der Waals surface area contributed by atoms with Crippen molar-refractivity contribution in [2.24, 2.45) is 0 Å². The molecule has 4 nitrogen and oxygen atoms in total. The Morgan fingerprint density at radius 2 is 2.36 bits per heavy atom. The summed E-state index contributed by atoms with van der Waals surface area (Å²) >= 11 is 1.50. The lowest BCUT2D eigenvalue weighted by atomic mass is 10.5. The fraction of sp³-hybridized carbons (Fsp3) is 0.167. The van der Waals surface area contributed by atoms with Crippen LogP contribution in [0.25, 0.3) is 11.6 Å². The van der Waals surface area contributed by atoms with E-state index < -0.39 is 0 Å². The van der Waals surface area contributed by atoms with Crippen LogP contribution in [0.2, 0.25) is 0 Å². The molecule has 11 heavy (non-hydrogen) atoms. The summed E-state index contributed by atoms with van der Waals surface area (Å²) in [6.07, 6.45) is 0. The van der Waals surface area contributed by atoms with Gasteiger partial charge < -0.3 is 4.42 Å². The van der Waals surface area contributed by atoms with Crippen molar-refractivity contribution in [1.82, 2.24) is 15.2 Å². The minimum absolute atomic E-state index is 0.490. The Balaban J connectivity index is 2.45. The van der Waals surface area contributed by atoms with Crippen molar-refractivity contribution in [1.29, 1.82) is 0 Å². The van der Waals surface area contributed by atoms with Gasteiger partial charge in [-0.3, -0.25) is 0 Å². The van der Waals surface area contributed by atoms with Crippen molar-refractivity contribution in [3.8, 4) is 11.6 Å². The van der Waals surface area contributed by atoms with Crippen LogP contribution in [-0.2, 0) is 0 Å². The molecule has 0 atom stereocenters. The molecule has 5 heteroatoms. The van der Waals surface area contributed by atoms with E-state index in [9.17, 15) is 0 Å². The van der Waals surface area contributed by atoms with Crippen LogP contribution < -0.4 is 0 Å². The number of rotatable bonds is 1. The third-order valence-corrected chi connectivity index (χ3v) is 1.76. The number of hydrogen-bond donors (Lipinski definition) is 0. The van der Waals surface area contributed by atoms with Crippen molar-refractivity contribution < 1.29 is 4.42 Å². The van der Waals surface area contributed by atoms with Crippen molar-refractivity contribution in [2.45, 2.75) is 6.92 Å². The summed E-state index contributed by atoms with van der Waals surface area (Å²) in [5.74, 6) is 1.05. The Hall–Kier alpha value is -1.23. The zero-order valence-electron chi connectivity index (χ0n) is 5.81. The number of nitrogens with zero attached hydrogens (tertiary/aromatic N) is 3. The number of aryl methyl sites for hydroxylation is 1. The summed E-state index contributed by atoms with van der Waals surface area (Å²) in [7, 11) is 0. The van der Waals surface area contributed by atoms with Crippen LogP contribution in [0.4, 0.5) is 0 Å². The van der Waals surface area contributed by atoms with Crippen LogP contribution in [0.1, 0.15) is 5.89 Å². The molecule has 0 aliphatic carbocycles. The molecule has 0 saturated carbocycles. The fourth-order valence-corrected chi connectivity index (χ4v) is 1.24. The maximum atomic E-state index is 5.15. The van der Waals surface area contributed by atoms with Crippen LogP contribution >= 0.6 is 11.3 Å². The molecule has 0 bridgehead atoms. The van der Waals surface area contributed by atoms with Gasteiger partial charge in [-0.2, -0.15) is 0 Å². The van der Waals surface area contributed by atoms with Crippen molar-refractivity contribution >= 4 is 11.3 Å². The summed E-state index contributed by atoms with van der Waals surface area (Å²) < 4.78 is 5.15. The highest BCUT2D eigenvalue weighted by molar-refractivity contribution is 7.07. The molecule has 0 spiro atoms. The summed E-state index contributed by atoms with van der Waals surface area (Å²) in [6.45, 7) is 1.75. The summed E-state index contributed by atoms with van der Waals surface area (Å²) in [5, 5.41) is 9.37. The first-order chi connectivity index (χ1) is 5.36. The smallest absolute Gasteiger partial charge is 0.267 e. The van der Waals surface area contributed by atoms with Gasteiger partial charge in [0, 0.05) is 12.3 Å². The van der Waals surface area contributed by atoms with Gasteiger partial charge in [-0.15, -0.1) is 21.5 Å². The van der Waals surface area contributed by atoms with E-state index in [4.69, 9.17) is 4.42 Å². The zero-order valence-corrected chi connectivity index (χ0v) is 6.63. The lowest BCUT2D eigenvalue weighted by molar-refractivity contribution is 0.531. The topological polar surface area (TPSA) is 51.8 Å². The number of thiazole rings is 1. The van der Waals surface area contributed by atoms with E-state index in [2.05, 4.69) is 15.2 Å². The Morgan fingerprint density at radius 3 is 2.91 bits per heavy atom. The zero-order chi connectivity index (χ0) is 7.68. The summed E-state index contributed by atoms with van der Waals surface area (Å²) in [6, 6.07) is 0. The standard InChI is InChI=1S/C6H5N3OS/c1-4-8-9-6(10-4)5-2-11-3-7-5/h2-3H,1H3. The average molecular weight is 167 g/mol. The highest BCUT2D eigenvalue weighted by Crippen LogP contribution is 2.16. The lowest BCUT2D eigenvalue weighted by Crippen LogP contribution is -1.75. The second kappa shape index (κ2) is 2.43. The van der Waals surface area contributed by atoms with Crippen molar-refractivity contribution in [3.05, 3.63) is 16.8 Å². The normalized spacial score (nSPS) is 10.3. The molecule has 2 heterocycles. The molecule has 0 aliphatic rings. The Bertz CT molecular complexity index is 340. The fourth-order valence-electron chi connectivity index (χ4n) is 0.718. The Morgan fingerprint density at radius 1 is 1.45 bits per heavy atom. The summed E-state index contributed by atoms with van der Waals surface area (Å²) in [4.78, 5) is 4.02. The molecule has 0 N–H and O–H groups in total. The number of hydrogen-bond acceptors (Lipinski definition) is 5. The predicted octanol–water partition coefficient (Wildman–Crippen LogP) is 1.50. The van der Waals surface area contributed by atoms with Crippen molar-refractivity contribution in [3.63, 3.8) is 0 Å². The first-order valence-corrected chi connectivity index (χ1v) is 3.99. The molecule has 2 rings (SSSR count). The monoisotopic (exact) mass is 167 g/mol. The van der Waals surface area contributed by atoms with Crippen LogP contribution in [0.3, 0.4) is 0 Å². The Labute approximate surface area is 66.9 Å². The van der Waals surface area contributed by atoms with E-state index >= 15 is 0 Å². The van der Waals surface area contributed by atoms with Gasteiger partial charge in [0.2, 0.25) is 5.89 Å². The minimum atomic E-state index is 0.490. The molecule has 0 fully saturated rings. The van der Waals surface area contributed by atoms with Crippen LogP contribution in [-0.4, -0.2) is 15.2 Å².